The number of anilines is 1. The van der Waals surface area contributed by atoms with Gasteiger partial charge in [-0.05, 0) is 11.6 Å². The highest BCUT2D eigenvalue weighted by Crippen LogP contribution is 2.30. The van der Waals surface area contributed by atoms with Crippen LogP contribution >= 0.6 is 11.6 Å². The summed E-state index contributed by atoms with van der Waals surface area (Å²) in [5.41, 5.74) is 2.68. The van der Waals surface area contributed by atoms with Gasteiger partial charge < -0.3 is 15.5 Å². The molecule has 0 aliphatic carbocycles. The van der Waals surface area contributed by atoms with Crippen LogP contribution in [0.3, 0.4) is 0 Å². The summed E-state index contributed by atoms with van der Waals surface area (Å²) in [6, 6.07) is 14.8. The van der Waals surface area contributed by atoms with Crippen LogP contribution in [0.4, 0.5) is 5.95 Å². The average Bonchev–Trinajstić information content (AvgIpc) is 2.75. The predicted molar refractivity (Wildman–Crippen MR) is 117 cm³/mol. The number of aliphatic carboxylic acids is 1. The lowest BCUT2D eigenvalue weighted by molar-refractivity contribution is -0.139. The van der Waals surface area contributed by atoms with E-state index in [-0.39, 0.29) is 18.9 Å². The molecule has 0 unspecified atom stereocenters. The van der Waals surface area contributed by atoms with Crippen molar-refractivity contribution < 1.29 is 19.8 Å². The number of aromatic nitrogens is 2. The lowest BCUT2D eigenvalue weighted by Gasteiger charge is -2.11. The van der Waals surface area contributed by atoms with Crippen LogP contribution in [0.2, 0.25) is 5.02 Å². The van der Waals surface area contributed by atoms with Crippen molar-refractivity contribution in [3.63, 3.8) is 0 Å². The lowest BCUT2D eigenvalue weighted by atomic mass is 10.0. The van der Waals surface area contributed by atoms with Crippen molar-refractivity contribution in [1.82, 2.24) is 15.3 Å². The molecule has 2 aromatic carbocycles. The minimum Gasteiger partial charge on any atom is -0.481 e. The first-order valence-electron chi connectivity index (χ1n) is 9.51. The first-order valence-corrected chi connectivity index (χ1v) is 9.88. The number of nitrogens with zero attached hydrogens (tertiary/aromatic N) is 2. The van der Waals surface area contributed by atoms with Crippen molar-refractivity contribution >= 4 is 29.4 Å². The number of hydrogen-bond acceptors (Lipinski definition) is 6. The molecule has 0 saturated carbocycles. The summed E-state index contributed by atoms with van der Waals surface area (Å²) in [5.74, 6) is -1.36. The number of hydrogen-bond donors (Lipinski definition) is 4. The Hall–Kier alpha value is -3.33. The molecule has 1 atom stereocenters. The number of carbonyl (C=O) groups is 2. The highest BCUT2D eigenvalue weighted by molar-refractivity contribution is 6.37. The maximum Gasteiger partial charge on any atom is 0.306 e. The number of halogens is 1. The predicted octanol–water partition coefficient (Wildman–Crippen LogP) is 2.97. The minimum atomic E-state index is -1.06. The quantitative estimate of drug-likeness (QED) is 0.403. The van der Waals surface area contributed by atoms with E-state index in [0.717, 1.165) is 11.1 Å². The highest BCUT2D eigenvalue weighted by Gasteiger charge is 2.15. The third-order valence-electron chi connectivity index (χ3n) is 4.38. The Morgan fingerprint density at radius 2 is 1.74 bits per heavy atom. The Bertz CT molecular complexity index is 1050. The fourth-order valence-electron chi connectivity index (χ4n) is 2.88. The van der Waals surface area contributed by atoms with E-state index in [1.54, 1.807) is 12.1 Å². The van der Waals surface area contributed by atoms with Crippen LogP contribution in [0.15, 0.2) is 60.9 Å². The Morgan fingerprint density at radius 3 is 2.42 bits per heavy atom. The van der Waals surface area contributed by atoms with Crippen LogP contribution in [0, 0.1) is 0 Å². The molecule has 31 heavy (non-hydrogen) atoms. The van der Waals surface area contributed by atoms with Gasteiger partial charge in [0.15, 0.2) is 0 Å². The molecular weight excluding hydrogens is 420 g/mol. The molecule has 0 aliphatic heterocycles. The number of rotatable bonds is 9. The molecule has 4 N–H and O–H groups in total. The second-order valence-corrected chi connectivity index (χ2v) is 7.16. The van der Waals surface area contributed by atoms with Gasteiger partial charge in [-0.15, -0.1) is 0 Å². The number of aliphatic hydroxyl groups excluding tert-OH is 1. The summed E-state index contributed by atoms with van der Waals surface area (Å²) < 4.78 is 0. The summed E-state index contributed by atoms with van der Waals surface area (Å²) >= 11 is 6.48. The third-order valence-corrected chi connectivity index (χ3v) is 4.79. The van der Waals surface area contributed by atoms with Crippen LogP contribution in [0.25, 0.3) is 11.1 Å². The fraction of sp³-hybridized carbons (Fsp3) is 0.182. The van der Waals surface area contributed by atoms with Crippen LogP contribution < -0.4 is 10.6 Å². The van der Waals surface area contributed by atoms with Gasteiger partial charge in [0.05, 0.1) is 23.1 Å². The molecule has 160 valence electrons. The van der Waals surface area contributed by atoms with Crippen molar-refractivity contribution in [2.45, 2.75) is 19.1 Å². The molecule has 0 bridgehead atoms. The van der Waals surface area contributed by atoms with E-state index in [9.17, 15) is 14.7 Å². The first kappa shape index (κ1) is 22.4. The Morgan fingerprint density at radius 1 is 1.03 bits per heavy atom. The first-order chi connectivity index (χ1) is 14.9. The number of carboxylic acids is 1. The van der Waals surface area contributed by atoms with Crippen LogP contribution in [0.5, 0.6) is 0 Å². The van der Waals surface area contributed by atoms with Gasteiger partial charge in [-0.3, -0.25) is 14.9 Å². The Kier molecular flexibility index (Phi) is 7.66. The summed E-state index contributed by atoms with van der Waals surface area (Å²) in [6.45, 7) is 0.469. The number of carboxylic acid groups (broad SMARTS) is 1. The number of nitrogens with one attached hydrogen (secondary N) is 2. The van der Waals surface area contributed by atoms with Crippen molar-refractivity contribution in [3.8, 4) is 11.1 Å². The molecule has 9 heteroatoms. The van der Waals surface area contributed by atoms with Gasteiger partial charge in [0.2, 0.25) is 5.95 Å². The second-order valence-electron chi connectivity index (χ2n) is 6.78. The summed E-state index contributed by atoms with van der Waals surface area (Å²) in [7, 11) is 0. The topological polar surface area (TPSA) is 124 Å². The normalized spacial score (nSPS) is 11.7. The Labute approximate surface area is 183 Å². The van der Waals surface area contributed by atoms with Crippen LogP contribution in [0.1, 0.15) is 22.3 Å². The molecule has 0 spiro atoms. The van der Waals surface area contributed by atoms with E-state index < -0.39 is 18.0 Å². The third kappa shape index (κ3) is 6.32. The molecular formula is C22H21ClN4O4. The van der Waals surface area contributed by atoms with E-state index in [2.05, 4.69) is 20.6 Å². The smallest absolute Gasteiger partial charge is 0.306 e. The molecule has 3 aromatic rings. The van der Waals surface area contributed by atoms with Gasteiger partial charge in [-0.25, -0.2) is 9.97 Å². The standard InChI is InChI=1S/C22H21ClN4O4/c23-20-17(15-5-2-1-3-6-15)7-4-8-18(20)21(31)27-22-25-11-14(12-26-22)10-24-13-16(28)9-19(29)30/h1-8,11-12,16,24,28H,9-10,13H2,(H,29,30)(H,25,26,27,31)/t16-/m0/s1. The Balaban J connectivity index is 1.61. The van der Waals surface area contributed by atoms with Crippen LogP contribution in [-0.4, -0.2) is 44.7 Å². The SMILES string of the molecule is O=C(O)C[C@H](O)CNCc1cnc(NC(=O)c2cccc(-c3ccccc3)c2Cl)nc1. The zero-order chi connectivity index (χ0) is 22.2. The van der Waals surface area contributed by atoms with Gasteiger partial charge in [0.25, 0.3) is 5.91 Å². The van der Waals surface area contributed by atoms with Crippen molar-refractivity contribution in [2.24, 2.45) is 0 Å². The van der Waals surface area contributed by atoms with Crippen LogP contribution in [-0.2, 0) is 11.3 Å². The molecule has 0 saturated heterocycles. The van der Waals surface area contributed by atoms with E-state index >= 15 is 0 Å². The van der Waals surface area contributed by atoms with Crippen molar-refractivity contribution in [2.75, 3.05) is 11.9 Å². The molecule has 3 rings (SSSR count). The molecule has 0 radical (unpaired) electrons. The minimum absolute atomic E-state index is 0.126. The summed E-state index contributed by atoms with van der Waals surface area (Å²) in [5, 5.41) is 24.0. The van der Waals surface area contributed by atoms with E-state index in [1.807, 2.05) is 36.4 Å². The van der Waals surface area contributed by atoms with E-state index in [1.165, 1.54) is 12.4 Å². The molecule has 1 amide bonds. The lowest BCUT2D eigenvalue weighted by Crippen LogP contribution is -2.28. The highest BCUT2D eigenvalue weighted by atomic mass is 35.5. The van der Waals surface area contributed by atoms with E-state index in [4.69, 9.17) is 16.7 Å². The fourth-order valence-corrected chi connectivity index (χ4v) is 3.21. The van der Waals surface area contributed by atoms with Crippen molar-refractivity contribution in [1.29, 1.82) is 0 Å². The van der Waals surface area contributed by atoms with E-state index in [0.29, 0.717) is 22.7 Å². The molecule has 1 heterocycles. The monoisotopic (exact) mass is 440 g/mol. The maximum atomic E-state index is 12.7. The molecule has 0 aliphatic rings. The zero-order valence-electron chi connectivity index (χ0n) is 16.5. The van der Waals surface area contributed by atoms with Gasteiger partial charge in [0.1, 0.15) is 0 Å². The van der Waals surface area contributed by atoms with Gasteiger partial charge in [0, 0.05) is 36.6 Å². The summed E-state index contributed by atoms with van der Waals surface area (Å²) in [6.07, 6.45) is 1.75. The second kappa shape index (κ2) is 10.6. The number of benzene rings is 2. The number of aliphatic hydroxyl groups is 1. The molecule has 0 fully saturated rings. The number of carbonyl (C=O) groups excluding carboxylic acids is 1. The molecule has 8 nitrogen and oxygen atoms in total. The van der Waals surface area contributed by atoms with Gasteiger partial charge >= 0.3 is 5.97 Å². The van der Waals surface area contributed by atoms with Crippen molar-refractivity contribution in [3.05, 3.63) is 77.1 Å². The molecule has 1 aromatic heterocycles. The number of amides is 1. The average molecular weight is 441 g/mol. The zero-order valence-corrected chi connectivity index (χ0v) is 17.2. The van der Waals surface area contributed by atoms with Gasteiger partial charge in [-0.2, -0.15) is 0 Å². The largest absolute Gasteiger partial charge is 0.481 e. The van der Waals surface area contributed by atoms with Gasteiger partial charge in [-0.1, -0.05) is 54.1 Å². The summed E-state index contributed by atoms with van der Waals surface area (Å²) in [4.78, 5) is 31.4. The maximum absolute atomic E-state index is 12.7.